The molecule has 92 heavy (non-hydrogen) atoms. The molecule has 8 aromatic rings. The number of hydrogen-bond donors (Lipinski definition) is 4. The molecular formula is C66H66Cl2F2N10O12. The predicted molar refractivity (Wildman–Crippen MR) is 338 cm³/mol. The molecule has 0 aliphatic carbocycles. The normalized spacial score (nSPS) is 16.5. The summed E-state index contributed by atoms with van der Waals surface area (Å²) in [7, 11) is 0. The fourth-order valence-corrected chi connectivity index (χ4v) is 11.9. The van der Waals surface area contributed by atoms with Gasteiger partial charge in [0, 0.05) is 95.2 Å². The van der Waals surface area contributed by atoms with Crippen molar-refractivity contribution in [2.45, 2.75) is 98.3 Å². The number of anilines is 2. The number of nitrogens with zero attached hydrogens (tertiary/aromatic N) is 8. The number of aryl methyl sites for hydroxylation is 2. The van der Waals surface area contributed by atoms with Crippen molar-refractivity contribution in [3.8, 4) is 45.5 Å². The first-order valence-electron chi connectivity index (χ1n) is 29.6. The third kappa shape index (κ3) is 13.5. The molecule has 4 N–H and O–H groups in total. The Bertz CT molecular complexity index is 4310. The summed E-state index contributed by atoms with van der Waals surface area (Å²) in [6.07, 6.45) is 4.74. The lowest BCUT2D eigenvalue weighted by atomic mass is 9.97. The van der Waals surface area contributed by atoms with Crippen LogP contribution >= 0.6 is 23.2 Å². The van der Waals surface area contributed by atoms with E-state index in [1.807, 2.05) is 23.1 Å². The lowest BCUT2D eigenvalue weighted by molar-refractivity contribution is -0.161. The summed E-state index contributed by atoms with van der Waals surface area (Å²) < 4.78 is 66.8. The fourth-order valence-electron chi connectivity index (χ4n) is 11.2. The number of carbonyl (C=O) groups excluding carboxylic acids is 2. The number of rotatable bonds is 6. The maximum atomic E-state index is 14.1. The van der Waals surface area contributed by atoms with E-state index in [1.54, 1.807) is 91.8 Å². The van der Waals surface area contributed by atoms with E-state index in [0.717, 1.165) is 0 Å². The van der Waals surface area contributed by atoms with Crippen LogP contribution in [0.5, 0.6) is 23.0 Å². The Hall–Kier alpha value is -9.36. The largest absolute Gasteiger partial charge is 0.490 e. The van der Waals surface area contributed by atoms with Gasteiger partial charge in [0.05, 0.1) is 63.4 Å². The summed E-state index contributed by atoms with van der Waals surface area (Å²) in [6.45, 7) is 17.2. The van der Waals surface area contributed by atoms with E-state index in [0.29, 0.717) is 141 Å². The van der Waals surface area contributed by atoms with Crippen LogP contribution in [0, 0.1) is 25.5 Å². The molecule has 0 saturated carbocycles. The van der Waals surface area contributed by atoms with Crippen LogP contribution in [0.1, 0.15) is 115 Å². The van der Waals surface area contributed by atoms with Gasteiger partial charge >= 0.3 is 11.9 Å². The molecule has 4 aliphatic heterocycles. The number of aromatic nitrogens is 6. The van der Waals surface area contributed by atoms with Gasteiger partial charge in [0.1, 0.15) is 54.5 Å². The van der Waals surface area contributed by atoms with Crippen molar-refractivity contribution < 1.29 is 66.6 Å². The number of carboxylic acids is 2. The Morgan fingerprint density at radius 3 is 1.59 bits per heavy atom. The highest BCUT2D eigenvalue weighted by Crippen LogP contribution is 2.49. The molecule has 2 atom stereocenters. The highest BCUT2D eigenvalue weighted by atomic mass is 35.5. The second-order valence-corrected chi connectivity index (χ2v) is 24.8. The van der Waals surface area contributed by atoms with Gasteiger partial charge in [0.2, 0.25) is 0 Å². The van der Waals surface area contributed by atoms with Gasteiger partial charge in [-0.3, -0.25) is 9.59 Å². The molecule has 8 heterocycles. The average Bonchev–Trinajstić information content (AvgIpc) is 1.31. The number of hydrogen-bond acceptors (Lipinski definition) is 16. The van der Waals surface area contributed by atoms with Crippen LogP contribution in [0.15, 0.2) is 97.3 Å². The van der Waals surface area contributed by atoms with E-state index in [-0.39, 0.29) is 48.0 Å². The lowest BCUT2D eigenvalue weighted by Crippen LogP contribution is -2.33. The Morgan fingerprint density at radius 1 is 0.609 bits per heavy atom. The molecule has 26 heteroatoms. The summed E-state index contributed by atoms with van der Waals surface area (Å²) in [4.78, 5) is 65.8. The highest BCUT2D eigenvalue weighted by Gasteiger charge is 2.38. The zero-order chi connectivity index (χ0) is 65.5. The van der Waals surface area contributed by atoms with Gasteiger partial charge in [0.25, 0.3) is 11.8 Å². The quantitative estimate of drug-likeness (QED) is 0.113. The molecule has 4 aromatic heterocycles. The number of carboxylic acid groups (broad SMARTS) is 2. The Morgan fingerprint density at radius 2 is 1.09 bits per heavy atom. The lowest BCUT2D eigenvalue weighted by Gasteiger charge is -2.33. The molecule has 0 unspecified atom stereocenters. The Labute approximate surface area is 537 Å². The summed E-state index contributed by atoms with van der Waals surface area (Å²) in [6, 6.07) is 18.3. The number of nitrogens with one attached hydrogen (secondary N) is 2. The van der Waals surface area contributed by atoms with Crippen molar-refractivity contribution >= 4 is 69.6 Å². The Balaban J connectivity index is 0.000000188. The molecule has 4 aromatic carbocycles. The number of amides is 2. The first-order chi connectivity index (χ1) is 43.8. The fraction of sp³-hybridized carbons (Fsp3) is 0.333. The van der Waals surface area contributed by atoms with Crippen molar-refractivity contribution in [2.75, 3.05) is 55.8 Å². The Kier molecular flexibility index (Phi) is 18.2. The van der Waals surface area contributed by atoms with Crippen molar-refractivity contribution in [1.82, 2.24) is 39.8 Å². The van der Waals surface area contributed by atoms with Crippen molar-refractivity contribution in [3.05, 3.63) is 164 Å². The second-order valence-electron chi connectivity index (χ2n) is 24.0. The van der Waals surface area contributed by atoms with Crippen LogP contribution in [-0.4, -0.2) is 120 Å². The number of aliphatic carboxylic acids is 2. The van der Waals surface area contributed by atoms with Crippen LogP contribution in [-0.2, 0) is 32.2 Å². The van der Waals surface area contributed by atoms with Crippen LogP contribution in [0.2, 0.25) is 10.0 Å². The molecule has 0 saturated heterocycles. The van der Waals surface area contributed by atoms with Gasteiger partial charge in [-0.1, -0.05) is 41.4 Å². The number of fused-ring (bicyclic) bond motifs is 8. The van der Waals surface area contributed by atoms with Crippen molar-refractivity contribution in [3.63, 3.8) is 0 Å². The summed E-state index contributed by atoms with van der Waals surface area (Å²) in [5.41, 5.74) is 4.20. The minimum absolute atomic E-state index is 0.0264. The van der Waals surface area contributed by atoms with Gasteiger partial charge in [-0.05, 0) is 110 Å². The highest BCUT2D eigenvalue weighted by molar-refractivity contribution is 6.37. The topological polar surface area (TPSA) is 255 Å². The molecule has 22 nitrogen and oxygen atoms in total. The zero-order valence-corrected chi connectivity index (χ0v) is 53.0. The van der Waals surface area contributed by atoms with E-state index in [9.17, 15) is 38.2 Å². The average molecular weight is 1300 g/mol. The molecule has 2 amide bonds. The predicted octanol–water partition coefficient (Wildman–Crippen LogP) is 11.4. The van der Waals surface area contributed by atoms with E-state index < -0.39 is 58.8 Å². The smallest absolute Gasteiger partial charge is 0.337 e. The van der Waals surface area contributed by atoms with Gasteiger partial charge in [-0.2, -0.15) is 10.2 Å². The second kappa shape index (κ2) is 26.1. The molecule has 4 aliphatic rings. The van der Waals surface area contributed by atoms with Crippen molar-refractivity contribution in [1.29, 1.82) is 0 Å². The molecule has 0 radical (unpaired) electrons. The standard InChI is InChI=1S/2C33H33ClFN5O6/c2*1-18-26(30(32(42)43)46-33(2,3)4)28-21-9-10-23-29(27(21)34)39(12-14-45-23)11-5-6-13-44-24-15-20(35)8-7-19(24)17-36-31(41)22-16-25(37-18)40(28)38-22/h6-10,13,15-16,30H,5,11-12,14,17H2,1-4H3,(H,36,41)(H,42,43);5-10,15-16,30H,11-14,17H2,1-4H3,(H,36,41)(H,42,43)/b13-6-;6-5+/t2*30-/m00/s1. The number of halogens is 4. The minimum atomic E-state index is -1.44. The molecule has 0 fully saturated rings. The van der Waals surface area contributed by atoms with Gasteiger partial charge in [0.15, 0.2) is 34.9 Å². The summed E-state index contributed by atoms with van der Waals surface area (Å²) in [5.74, 6) is -2.74. The molecule has 12 rings (SSSR count). The van der Waals surface area contributed by atoms with E-state index >= 15 is 0 Å². The zero-order valence-electron chi connectivity index (χ0n) is 51.5. The number of ether oxygens (including phenoxy) is 6. The van der Waals surface area contributed by atoms with Crippen molar-refractivity contribution in [2.24, 2.45) is 0 Å². The molecular weight excluding hydrogens is 1230 g/mol. The number of carbonyl (C=O) groups is 4. The van der Waals surface area contributed by atoms with Crippen LogP contribution in [0.3, 0.4) is 0 Å². The van der Waals surface area contributed by atoms with E-state index in [2.05, 4.69) is 35.7 Å². The monoisotopic (exact) mass is 1300 g/mol. The molecule has 8 bridgehead atoms. The third-order valence-corrected chi connectivity index (χ3v) is 16.0. The van der Waals surface area contributed by atoms with Crippen LogP contribution in [0.4, 0.5) is 20.2 Å². The SMILES string of the molecule is Cc1nc2cc3nn2c(c1[C@H](OC(C)(C)C)C(=O)O)-c1ccc2c(c1Cl)N(C/C=C/COc1cc(F)ccc1CNC3=O)CCO2.Cc1nc2cc3nn2c(c1[C@H](OC(C)(C)C)C(=O)O)-c1ccc2c(c1Cl)N(CC/C=C\Oc1cc(F)ccc1CNC3=O)CCO2. The van der Waals surface area contributed by atoms with E-state index in [1.165, 1.54) is 51.7 Å². The summed E-state index contributed by atoms with van der Waals surface area (Å²) in [5, 5.41) is 36.3. The number of benzene rings is 4. The molecule has 0 spiro atoms. The third-order valence-electron chi connectivity index (χ3n) is 15.2. The maximum absolute atomic E-state index is 14.1. The van der Waals surface area contributed by atoms with Crippen LogP contribution < -0.4 is 39.4 Å². The van der Waals surface area contributed by atoms with Crippen LogP contribution in [0.25, 0.3) is 33.8 Å². The van der Waals surface area contributed by atoms with Gasteiger partial charge in [-0.25, -0.2) is 37.4 Å². The van der Waals surface area contributed by atoms with E-state index in [4.69, 9.17) is 51.6 Å². The first-order valence-corrected chi connectivity index (χ1v) is 30.3. The molecule has 480 valence electrons. The summed E-state index contributed by atoms with van der Waals surface area (Å²) >= 11 is 14.4. The first kappa shape index (κ1) is 64.2. The van der Waals surface area contributed by atoms with Gasteiger partial charge < -0.3 is 59.1 Å². The maximum Gasteiger partial charge on any atom is 0.337 e. The van der Waals surface area contributed by atoms with Gasteiger partial charge in [-0.15, -0.1) is 0 Å². The minimum Gasteiger partial charge on any atom is -0.490 e.